The van der Waals surface area contributed by atoms with Gasteiger partial charge in [-0.3, -0.25) is 0 Å². The van der Waals surface area contributed by atoms with Crippen molar-refractivity contribution >= 4 is 0 Å². The van der Waals surface area contributed by atoms with Crippen molar-refractivity contribution in [2.24, 2.45) is 11.3 Å². The second-order valence-electron chi connectivity index (χ2n) is 6.40. The van der Waals surface area contributed by atoms with Gasteiger partial charge in [-0.2, -0.15) is 0 Å². The van der Waals surface area contributed by atoms with E-state index in [2.05, 4.69) is 45.7 Å². The lowest BCUT2D eigenvalue weighted by Crippen LogP contribution is -2.32. The Kier molecular flexibility index (Phi) is 10.4. The van der Waals surface area contributed by atoms with Gasteiger partial charge in [-0.05, 0) is 24.3 Å². The van der Waals surface area contributed by atoms with Crippen molar-refractivity contribution in [1.29, 1.82) is 0 Å². The molecule has 0 aromatic rings. The van der Waals surface area contributed by atoms with Gasteiger partial charge in [-0.15, -0.1) is 6.58 Å². The van der Waals surface area contributed by atoms with Gasteiger partial charge in [0.15, 0.2) is 0 Å². The Balaban J connectivity index is 3.68. The summed E-state index contributed by atoms with van der Waals surface area (Å²) in [6.45, 7) is 15.3. The van der Waals surface area contributed by atoms with Crippen LogP contribution in [0.2, 0.25) is 0 Å². The summed E-state index contributed by atoms with van der Waals surface area (Å²) < 4.78 is 0. The third-order valence-corrected chi connectivity index (χ3v) is 3.68. The number of hydrogen-bond acceptors (Lipinski definition) is 1. The zero-order chi connectivity index (χ0) is 13.9. The standard InChI is InChI=1S/C17H35N/c1-6-8-9-10-11-12-13-17(5,7-2)15-18-14-16(3)4/h7,16,18H,2,6,8-15H2,1,3-5H3. The summed E-state index contributed by atoms with van der Waals surface area (Å²) in [6, 6.07) is 0. The highest BCUT2D eigenvalue weighted by Gasteiger charge is 2.19. The van der Waals surface area contributed by atoms with Crippen molar-refractivity contribution in [3.05, 3.63) is 12.7 Å². The molecule has 0 fully saturated rings. The minimum absolute atomic E-state index is 0.277. The van der Waals surface area contributed by atoms with Crippen LogP contribution in [0.1, 0.15) is 72.6 Å². The summed E-state index contributed by atoms with van der Waals surface area (Å²) in [5.74, 6) is 0.730. The van der Waals surface area contributed by atoms with E-state index in [4.69, 9.17) is 0 Å². The van der Waals surface area contributed by atoms with Crippen molar-refractivity contribution < 1.29 is 0 Å². The lowest BCUT2D eigenvalue weighted by atomic mass is 9.84. The van der Waals surface area contributed by atoms with E-state index in [1.165, 1.54) is 44.9 Å². The number of nitrogens with one attached hydrogen (secondary N) is 1. The largest absolute Gasteiger partial charge is 0.316 e. The van der Waals surface area contributed by atoms with E-state index in [0.717, 1.165) is 19.0 Å². The number of hydrogen-bond donors (Lipinski definition) is 1. The molecule has 0 heterocycles. The van der Waals surface area contributed by atoms with E-state index >= 15 is 0 Å². The third kappa shape index (κ3) is 9.70. The smallest absolute Gasteiger partial charge is 0.00399 e. The lowest BCUT2D eigenvalue weighted by molar-refractivity contribution is 0.339. The zero-order valence-corrected chi connectivity index (χ0v) is 13.2. The van der Waals surface area contributed by atoms with Crippen molar-refractivity contribution in [3.8, 4) is 0 Å². The maximum absolute atomic E-state index is 4.02. The molecule has 1 atom stereocenters. The summed E-state index contributed by atoms with van der Waals surface area (Å²) in [7, 11) is 0. The van der Waals surface area contributed by atoms with Gasteiger partial charge in [-0.1, -0.05) is 72.3 Å². The monoisotopic (exact) mass is 253 g/mol. The van der Waals surface area contributed by atoms with E-state index in [1.54, 1.807) is 0 Å². The zero-order valence-electron chi connectivity index (χ0n) is 13.2. The highest BCUT2D eigenvalue weighted by molar-refractivity contribution is 4.93. The molecule has 0 aliphatic rings. The van der Waals surface area contributed by atoms with Crippen LogP contribution in [0.3, 0.4) is 0 Å². The fraction of sp³-hybridized carbons (Fsp3) is 0.882. The average Bonchev–Trinajstić information content (AvgIpc) is 2.33. The maximum atomic E-state index is 4.02. The van der Waals surface area contributed by atoms with E-state index in [1.807, 2.05) is 0 Å². The van der Waals surface area contributed by atoms with Crippen molar-refractivity contribution in [3.63, 3.8) is 0 Å². The van der Waals surface area contributed by atoms with E-state index in [-0.39, 0.29) is 5.41 Å². The van der Waals surface area contributed by atoms with E-state index in [0.29, 0.717) is 0 Å². The van der Waals surface area contributed by atoms with Gasteiger partial charge >= 0.3 is 0 Å². The van der Waals surface area contributed by atoms with Gasteiger partial charge in [-0.25, -0.2) is 0 Å². The van der Waals surface area contributed by atoms with Crippen LogP contribution in [0.25, 0.3) is 0 Å². The normalized spacial score (nSPS) is 14.7. The van der Waals surface area contributed by atoms with Gasteiger partial charge in [0.1, 0.15) is 0 Å². The molecule has 0 aliphatic heterocycles. The summed E-state index contributed by atoms with van der Waals surface area (Å²) in [5.41, 5.74) is 0.277. The Labute approximate surface area is 115 Å². The SMILES string of the molecule is C=CC(C)(CCCCCCCC)CNCC(C)C. The Morgan fingerprint density at radius 3 is 2.28 bits per heavy atom. The molecule has 0 spiro atoms. The van der Waals surface area contributed by atoms with Crippen LogP contribution < -0.4 is 5.32 Å². The quantitative estimate of drug-likeness (QED) is 0.373. The molecule has 0 radical (unpaired) electrons. The first kappa shape index (κ1) is 17.7. The first-order chi connectivity index (χ1) is 8.54. The molecule has 0 saturated heterocycles. The molecule has 1 N–H and O–H groups in total. The summed E-state index contributed by atoms with van der Waals surface area (Å²) in [6.07, 6.45) is 11.7. The Morgan fingerprint density at radius 1 is 1.11 bits per heavy atom. The first-order valence-electron chi connectivity index (χ1n) is 7.88. The molecular weight excluding hydrogens is 218 g/mol. The third-order valence-electron chi connectivity index (χ3n) is 3.68. The second-order valence-corrected chi connectivity index (χ2v) is 6.40. The molecule has 0 aromatic carbocycles. The summed E-state index contributed by atoms with van der Waals surface area (Å²) >= 11 is 0. The molecular formula is C17H35N. The Morgan fingerprint density at radius 2 is 1.72 bits per heavy atom. The fourth-order valence-corrected chi connectivity index (χ4v) is 2.22. The fourth-order valence-electron chi connectivity index (χ4n) is 2.22. The van der Waals surface area contributed by atoms with Crippen LogP contribution in [-0.4, -0.2) is 13.1 Å². The molecule has 1 heteroatoms. The second kappa shape index (κ2) is 10.6. The molecule has 0 aromatic heterocycles. The maximum Gasteiger partial charge on any atom is 0.00399 e. The topological polar surface area (TPSA) is 12.0 Å². The Hall–Kier alpha value is -0.300. The summed E-state index contributed by atoms with van der Waals surface area (Å²) in [5, 5.41) is 3.57. The van der Waals surface area contributed by atoms with Crippen LogP contribution in [0.5, 0.6) is 0 Å². The van der Waals surface area contributed by atoms with Gasteiger partial charge in [0.2, 0.25) is 0 Å². The predicted octanol–water partition coefficient (Wildman–Crippen LogP) is 5.17. The molecule has 18 heavy (non-hydrogen) atoms. The van der Waals surface area contributed by atoms with Crippen LogP contribution in [-0.2, 0) is 0 Å². The van der Waals surface area contributed by atoms with E-state index in [9.17, 15) is 0 Å². The number of unbranched alkanes of at least 4 members (excludes halogenated alkanes) is 5. The lowest BCUT2D eigenvalue weighted by Gasteiger charge is -2.26. The van der Waals surface area contributed by atoms with Crippen LogP contribution in [0.4, 0.5) is 0 Å². The Bertz CT molecular complexity index is 198. The highest BCUT2D eigenvalue weighted by atomic mass is 14.9. The van der Waals surface area contributed by atoms with Crippen molar-refractivity contribution in [1.82, 2.24) is 5.32 Å². The molecule has 0 amide bonds. The van der Waals surface area contributed by atoms with E-state index < -0.39 is 0 Å². The first-order valence-corrected chi connectivity index (χ1v) is 7.88. The average molecular weight is 253 g/mol. The molecule has 0 bridgehead atoms. The minimum Gasteiger partial charge on any atom is -0.316 e. The molecule has 108 valence electrons. The van der Waals surface area contributed by atoms with Crippen molar-refractivity contribution in [2.75, 3.05) is 13.1 Å². The molecule has 1 nitrogen and oxygen atoms in total. The molecule has 0 rings (SSSR count). The highest BCUT2D eigenvalue weighted by Crippen LogP contribution is 2.25. The molecule has 0 saturated carbocycles. The van der Waals surface area contributed by atoms with Gasteiger partial charge < -0.3 is 5.32 Å². The van der Waals surface area contributed by atoms with Gasteiger partial charge in [0.05, 0.1) is 0 Å². The van der Waals surface area contributed by atoms with Gasteiger partial charge in [0.25, 0.3) is 0 Å². The molecule has 0 aliphatic carbocycles. The van der Waals surface area contributed by atoms with Crippen LogP contribution in [0, 0.1) is 11.3 Å². The van der Waals surface area contributed by atoms with Crippen LogP contribution in [0.15, 0.2) is 12.7 Å². The summed E-state index contributed by atoms with van der Waals surface area (Å²) in [4.78, 5) is 0. The molecule has 1 unspecified atom stereocenters. The predicted molar refractivity (Wildman–Crippen MR) is 84.0 cm³/mol. The van der Waals surface area contributed by atoms with Gasteiger partial charge in [0, 0.05) is 6.54 Å². The minimum atomic E-state index is 0.277. The van der Waals surface area contributed by atoms with Crippen molar-refractivity contribution in [2.45, 2.75) is 72.6 Å². The number of rotatable bonds is 12. The van der Waals surface area contributed by atoms with Crippen LogP contribution >= 0.6 is 0 Å².